The number of aliphatic hydroxyl groups excluding tert-OH is 1. The first-order valence-corrected chi connectivity index (χ1v) is 8.10. The number of sulfonamides is 1. The monoisotopic (exact) mass is 314 g/mol. The molecule has 0 radical (unpaired) electrons. The predicted molar refractivity (Wildman–Crippen MR) is 75.1 cm³/mol. The van der Waals surface area contributed by atoms with Crippen molar-refractivity contribution >= 4 is 27.3 Å². The number of thiophene rings is 1. The Morgan fingerprint density at radius 3 is 2.55 bits per heavy atom. The number of hydrogen-bond acceptors (Lipinski definition) is 7. The van der Waals surface area contributed by atoms with Crippen molar-refractivity contribution in [2.75, 3.05) is 4.72 Å². The zero-order valence-electron chi connectivity index (χ0n) is 11.2. The third-order valence-corrected chi connectivity index (χ3v) is 5.49. The summed E-state index contributed by atoms with van der Waals surface area (Å²) in [6.45, 7) is 4.79. The quantitative estimate of drug-likeness (QED) is 0.877. The van der Waals surface area contributed by atoms with Crippen LogP contribution >= 0.6 is 11.3 Å². The molecule has 2 aromatic heterocycles. The Balaban J connectivity index is 2.40. The molecule has 2 heterocycles. The lowest BCUT2D eigenvalue weighted by atomic mass is 10.3. The SMILES string of the molecule is Cc1csc(CO)c1S(=O)(=O)Nc1nnc(C)c(C)n1. The van der Waals surface area contributed by atoms with Gasteiger partial charge in [-0.25, -0.2) is 18.1 Å². The van der Waals surface area contributed by atoms with E-state index in [9.17, 15) is 13.5 Å². The molecular weight excluding hydrogens is 300 g/mol. The highest BCUT2D eigenvalue weighted by Gasteiger charge is 2.24. The Kier molecular flexibility index (Phi) is 4.02. The zero-order valence-corrected chi connectivity index (χ0v) is 12.8. The zero-order chi connectivity index (χ0) is 14.9. The molecule has 0 saturated carbocycles. The van der Waals surface area contributed by atoms with E-state index >= 15 is 0 Å². The third kappa shape index (κ3) is 2.79. The Morgan fingerprint density at radius 2 is 1.95 bits per heavy atom. The first kappa shape index (κ1) is 14.8. The van der Waals surface area contributed by atoms with Crippen LogP contribution in [0.2, 0.25) is 0 Å². The summed E-state index contributed by atoms with van der Waals surface area (Å²) >= 11 is 1.19. The van der Waals surface area contributed by atoms with Crippen LogP contribution in [0.5, 0.6) is 0 Å². The summed E-state index contributed by atoms with van der Waals surface area (Å²) < 4.78 is 27.0. The van der Waals surface area contributed by atoms with Crippen molar-refractivity contribution in [2.24, 2.45) is 0 Å². The van der Waals surface area contributed by atoms with Crippen molar-refractivity contribution in [1.82, 2.24) is 15.2 Å². The number of aliphatic hydroxyl groups is 1. The fourth-order valence-electron chi connectivity index (χ4n) is 1.63. The highest BCUT2D eigenvalue weighted by Crippen LogP contribution is 2.27. The molecule has 0 aliphatic carbocycles. The Hall–Kier alpha value is -1.58. The van der Waals surface area contributed by atoms with Crippen molar-refractivity contribution in [3.8, 4) is 0 Å². The van der Waals surface area contributed by atoms with Gasteiger partial charge < -0.3 is 5.11 Å². The van der Waals surface area contributed by atoms with Crippen LogP contribution in [-0.2, 0) is 16.6 Å². The van der Waals surface area contributed by atoms with Gasteiger partial charge in [0, 0.05) is 0 Å². The van der Waals surface area contributed by atoms with Crippen molar-refractivity contribution in [1.29, 1.82) is 0 Å². The highest BCUT2D eigenvalue weighted by atomic mass is 32.2. The molecule has 108 valence electrons. The van der Waals surface area contributed by atoms with E-state index in [2.05, 4.69) is 19.9 Å². The molecule has 9 heteroatoms. The fourth-order valence-corrected chi connectivity index (χ4v) is 4.23. The number of aryl methyl sites for hydroxylation is 3. The van der Waals surface area contributed by atoms with Gasteiger partial charge in [0.1, 0.15) is 4.90 Å². The molecule has 0 atom stereocenters. The Morgan fingerprint density at radius 1 is 1.25 bits per heavy atom. The minimum Gasteiger partial charge on any atom is -0.391 e. The number of nitrogens with zero attached hydrogens (tertiary/aromatic N) is 3. The van der Waals surface area contributed by atoms with Crippen LogP contribution in [-0.4, -0.2) is 28.7 Å². The second kappa shape index (κ2) is 5.43. The molecular formula is C11H14N4O3S2. The van der Waals surface area contributed by atoms with E-state index in [0.717, 1.165) is 0 Å². The van der Waals surface area contributed by atoms with Gasteiger partial charge in [-0.2, -0.15) is 5.10 Å². The number of aromatic nitrogens is 3. The van der Waals surface area contributed by atoms with Crippen LogP contribution in [0.3, 0.4) is 0 Å². The molecule has 2 aromatic rings. The van der Waals surface area contributed by atoms with Crippen LogP contribution in [0, 0.1) is 20.8 Å². The van der Waals surface area contributed by atoms with Gasteiger partial charge in [0.15, 0.2) is 0 Å². The molecule has 0 amide bonds. The molecule has 0 bridgehead atoms. The van der Waals surface area contributed by atoms with E-state index in [-0.39, 0.29) is 17.5 Å². The van der Waals surface area contributed by atoms with Gasteiger partial charge in [0.2, 0.25) is 0 Å². The van der Waals surface area contributed by atoms with Gasteiger partial charge in [0.25, 0.3) is 16.0 Å². The van der Waals surface area contributed by atoms with E-state index in [1.54, 1.807) is 26.2 Å². The van der Waals surface area contributed by atoms with Crippen molar-refractivity contribution in [2.45, 2.75) is 32.3 Å². The molecule has 0 saturated heterocycles. The van der Waals surface area contributed by atoms with Crippen LogP contribution in [0.25, 0.3) is 0 Å². The Labute approximate surface area is 120 Å². The Bertz CT molecular complexity index is 740. The number of rotatable bonds is 4. The van der Waals surface area contributed by atoms with Crippen molar-refractivity contribution in [3.05, 3.63) is 27.2 Å². The summed E-state index contributed by atoms with van der Waals surface area (Å²) in [5.41, 5.74) is 1.81. The maximum atomic E-state index is 12.3. The second-order valence-electron chi connectivity index (χ2n) is 4.24. The van der Waals surface area contributed by atoms with E-state index in [1.807, 2.05) is 0 Å². The molecule has 0 fully saturated rings. The highest BCUT2D eigenvalue weighted by molar-refractivity contribution is 7.93. The largest absolute Gasteiger partial charge is 0.391 e. The van der Waals surface area contributed by atoms with Gasteiger partial charge >= 0.3 is 0 Å². The van der Waals surface area contributed by atoms with E-state index < -0.39 is 10.0 Å². The molecule has 0 spiro atoms. The number of hydrogen-bond donors (Lipinski definition) is 2. The van der Waals surface area contributed by atoms with E-state index in [1.165, 1.54) is 11.3 Å². The number of nitrogens with one attached hydrogen (secondary N) is 1. The minimum atomic E-state index is -3.84. The summed E-state index contributed by atoms with van der Waals surface area (Å²) in [7, 11) is -3.84. The van der Waals surface area contributed by atoms with Crippen LogP contribution in [0.1, 0.15) is 21.8 Å². The third-order valence-electron chi connectivity index (χ3n) is 2.72. The molecule has 0 aliphatic rings. The van der Waals surface area contributed by atoms with Crippen molar-refractivity contribution < 1.29 is 13.5 Å². The minimum absolute atomic E-state index is 0.0758. The first-order chi connectivity index (χ1) is 9.35. The van der Waals surface area contributed by atoms with Crippen molar-refractivity contribution in [3.63, 3.8) is 0 Å². The smallest absolute Gasteiger partial charge is 0.265 e. The summed E-state index contributed by atoms with van der Waals surface area (Å²) in [5, 5.41) is 18.4. The summed E-state index contributed by atoms with van der Waals surface area (Å²) in [5.74, 6) is -0.0809. The topological polar surface area (TPSA) is 105 Å². The maximum absolute atomic E-state index is 12.3. The molecule has 2 N–H and O–H groups in total. The normalized spacial score (nSPS) is 11.6. The molecule has 20 heavy (non-hydrogen) atoms. The van der Waals surface area contributed by atoms with Crippen LogP contribution < -0.4 is 4.72 Å². The summed E-state index contributed by atoms with van der Waals surface area (Å²) in [6.07, 6.45) is 0. The molecule has 2 rings (SSSR count). The number of anilines is 1. The molecule has 0 unspecified atom stereocenters. The maximum Gasteiger partial charge on any atom is 0.265 e. The lowest BCUT2D eigenvalue weighted by Crippen LogP contribution is -2.17. The van der Waals surface area contributed by atoms with Gasteiger partial charge in [-0.05, 0) is 31.7 Å². The van der Waals surface area contributed by atoms with E-state index in [0.29, 0.717) is 21.8 Å². The average molecular weight is 314 g/mol. The van der Waals surface area contributed by atoms with Crippen LogP contribution in [0.4, 0.5) is 5.95 Å². The molecule has 7 nitrogen and oxygen atoms in total. The fraction of sp³-hybridized carbons (Fsp3) is 0.364. The van der Waals surface area contributed by atoms with Crippen LogP contribution in [0.15, 0.2) is 10.3 Å². The van der Waals surface area contributed by atoms with Gasteiger partial charge in [-0.1, -0.05) is 0 Å². The van der Waals surface area contributed by atoms with E-state index in [4.69, 9.17) is 0 Å². The molecule has 0 aromatic carbocycles. The van der Waals surface area contributed by atoms with Gasteiger partial charge in [-0.15, -0.1) is 16.4 Å². The lowest BCUT2D eigenvalue weighted by Gasteiger charge is -2.08. The van der Waals surface area contributed by atoms with Gasteiger partial charge in [-0.3, -0.25) is 0 Å². The predicted octanol–water partition coefficient (Wildman–Crippen LogP) is 1.15. The van der Waals surface area contributed by atoms with Gasteiger partial charge in [0.05, 0.1) is 22.9 Å². The summed E-state index contributed by atoms with van der Waals surface area (Å²) in [6, 6.07) is 0. The second-order valence-corrected chi connectivity index (χ2v) is 6.82. The first-order valence-electron chi connectivity index (χ1n) is 5.73. The molecule has 0 aliphatic heterocycles. The average Bonchev–Trinajstić information content (AvgIpc) is 2.75. The lowest BCUT2D eigenvalue weighted by molar-refractivity contribution is 0.282. The standard InChI is InChI=1S/C11H14N4O3S2/c1-6-5-19-9(4-16)10(6)20(17,18)15-11-12-7(2)8(3)13-14-11/h5,16H,4H2,1-3H3,(H,12,14,15). The summed E-state index contributed by atoms with van der Waals surface area (Å²) in [4.78, 5) is 4.49.